The van der Waals surface area contributed by atoms with Crippen molar-refractivity contribution in [3.05, 3.63) is 71.4 Å². The van der Waals surface area contributed by atoms with Crippen molar-refractivity contribution >= 4 is 16.6 Å². The number of rotatable bonds is 2. The molecule has 0 unspecified atom stereocenters. The van der Waals surface area contributed by atoms with Gasteiger partial charge in [0, 0.05) is 24.7 Å². The molecule has 0 spiro atoms. The van der Waals surface area contributed by atoms with Crippen LogP contribution in [0.15, 0.2) is 54.7 Å². The van der Waals surface area contributed by atoms with Crippen LogP contribution < -0.4 is 5.43 Å². The van der Waals surface area contributed by atoms with E-state index in [-0.39, 0.29) is 0 Å². The SMILES string of the molecule is FC(F)(F)c1ccc2c(c1)CN(Nc1cccc3cccnc13)C2. The molecule has 1 N–H and O–H groups in total. The molecule has 0 saturated carbocycles. The first kappa shape index (κ1) is 15.0. The van der Waals surface area contributed by atoms with E-state index < -0.39 is 11.7 Å². The Hall–Kier alpha value is -2.60. The van der Waals surface area contributed by atoms with E-state index in [9.17, 15) is 13.2 Å². The zero-order chi connectivity index (χ0) is 16.7. The highest BCUT2D eigenvalue weighted by molar-refractivity contribution is 5.89. The summed E-state index contributed by atoms with van der Waals surface area (Å²) in [5, 5.41) is 2.91. The van der Waals surface area contributed by atoms with Gasteiger partial charge in [-0.25, -0.2) is 5.01 Å². The van der Waals surface area contributed by atoms with Crippen molar-refractivity contribution in [3.63, 3.8) is 0 Å². The normalized spacial score (nSPS) is 14.8. The Morgan fingerprint density at radius 2 is 1.75 bits per heavy atom. The van der Waals surface area contributed by atoms with Crippen molar-refractivity contribution in [3.8, 4) is 0 Å². The summed E-state index contributed by atoms with van der Waals surface area (Å²) in [6.45, 7) is 0.971. The molecule has 2 heterocycles. The van der Waals surface area contributed by atoms with Gasteiger partial charge in [0.1, 0.15) is 0 Å². The maximum absolute atomic E-state index is 12.8. The van der Waals surface area contributed by atoms with Crippen LogP contribution in [0.4, 0.5) is 18.9 Å². The lowest BCUT2D eigenvalue weighted by Gasteiger charge is -2.18. The van der Waals surface area contributed by atoms with Gasteiger partial charge >= 0.3 is 6.18 Å². The summed E-state index contributed by atoms with van der Waals surface area (Å²) in [7, 11) is 0. The van der Waals surface area contributed by atoms with Gasteiger partial charge < -0.3 is 5.43 Å². The summed E-state index contributed by atoms with van der Waals surface area (Å²) in [6, 6.07) is 13.6. The zero-order valence-corrected chi connectivity index (χ0v) is 12.6. The third kappa shape index (κ3) is 2.69. The standard InChI is InChI=1S/C18H14F3N3/c19-18(20,21)15-7-6-13-10-24(11-14(13)9-15)23-16-5-1-3-12-4-2-8-22-17(12)16/h1-9,23H,10-11H2. The first-order valence-corrected chi connectivity index (χ1v) is 7.55. The number of anilines is 1. The summed E-state index contributed by atoms with van der Waals surface area (Å²) in [5.41, 5.74) is 5.97. The second kappa shape index (κ2) is 5.49. The summed E-state index contributed by atoms with van der Waals surface area (Å²) >= 11 is 0. The highest BCUT2D eigenvalue weighted by atomic mass is 19.4. The predicted octanol–water partition coefficient (Wildman–Crippen LogP) is 4.60. The number of hydrogen-bond donors (Lipinski definition) is 1. The molecule has 24 heavy (non-hydrogen) atoms. The van der Waals surface area contributed by atoms with Crippen molar-refractivity contribution in [1.29, 1.82) is 0 Å². The maximum Gasteiger partial charge on any atom is 0.416 e. The Balaban J connectivity index is 1.59. The molecule has 0 aliphatic carbocycles. The lowest BCUT2D eigenvalue weighted by atomic mass is 10.1. The van der Waals surface area contributed by atoms with Crippen LogP contribution in [0.1, 0.15) is 16.7 Å². The van der Waals surface area contributed by atoms with Gasteiger partial charge in [-0.1, -0.05) is 24.3 Å². The Morgan fingerprint density at radius 3 is 2.58 bits per heavy atom. The fourth-order valence-electron chi connectivity index (χ4n) is 3.01. The van der Waals surface area contributed by atoms with Crippen molar-refractivity contribution in [2.45, 2.75) is 19.3 Å². The van der Waals surface area contributed by atoms with Gasteiger partial charge in [-0.2, -0.15) is 13.2 Å². The molecule has 6 heteroatoms. The molecule has 0 fully saturated rings. The largest absolute Gasteiger partial charge is 0.416 e. The smallest absolute Gasteiger partial charge is 0.316 e. The van der Waals surface area contributed by atoms with E-state index in [1.54, 1.807) is 12.3 Å². The number of hydrazine groups is 1. The maximum atomic E-state index is 12.8. The number of aromatic nitrogens is 1. The molecular formula is C18H14F3N3. The molecule has 0 amide bonds. The molecule has 2 aromatic carbocycles. The van der Waals surface area contributed by atoms with Crippen LogP contribution in [0.25, 0.3) is 10.9 Å². The quantitative estimate of drug-likeness (QED) is 0.745. The van der Waals surface area contributed by atoms with Crippen LogP contribution in [0.5, 0.6) is 0 Å². The Bertz CT molecular complexity index is 900. The number of alkyl halides is 3. The molecule has 0 radical (unpaired) electrons. The van der Waals surface area contributed by atoms with E-state index in [2.05, 4.69) is 10.4 Å². The Labute approximate surface area is 136 Å². The van der Waals surface area contributed by atoms with Crippen LogP contribution in [0.3, 0.4) is 0 Å². The van der Waals surface area contributed by atoms with E-state index in [1.807, 2.05) is 35.3 Å². The van der Waals surface area contributed by atoms with Crippen LogP contribution in [0.2, 0.25) is 0 Å². The summed E-state index contributed by atoms with van der Waals surface area (Å²) < 4.78 is 38.5. The molecule has 3 nitrogen and oxygen atoms in total. The third-order valence-corrected chi connectivity index (χ3v) is 4.17. The number of nitrogens with one attached hydrogen (secondary N) is 1. The fourth-order valence-corrected chi connectivity index (χ4v) is 3.01. The zero-order valence-electron chi connectivity index (χ0n) is 12.6. The fraction of sp³-hybridized carbons (Fsp3) is 0.167. The molecule has 0 atom stereocenters. The van der Waals surface area contributed by atoms with Crippen LogP contribution in [-0.4, -0.2) is 9.99 Å². The second-order valence-corrected chi connectivity index (χ2v) is 5.83. The van der Waals surface area contributed by atoms with Crippen LogP contribution in [-0.2, 0) is 19.3 Å². The number of fused-ring (bicyclic) bond motifs is 2. The highest BCUT2D eigenvalue weighted by Crippen LogP contribution is 2.33. The van der Waals surface area contributed by atoms with Gasteiger partial charge in [0.25, 0.3) is 0 Å². The van der Waals surface area contributed by atoms with Crippen LogP contribution in [0, 0.1) is 0 Å². The number of hydrogen-bond acceptors (Lipinski definition) is 3. The molecule has 1 aliphatic heterocycles. The highest BCUT2D eigenvalue weighted by Gasteiger charge is 2.32. The summed E-state index contributed by atoms with van der Waals surface area (Å²) in [4.78, 5) is 4.38. The molecule has 3 aromatic rings. The predicted molar refractivity (Wildman–Crippen MR) is 86.1 cm³/mol. The van der Waals surface area contributed by atoms with Crippen molar-refractivity contribution in [2.24, 2.45) is 0 Å². The molecule has 1 aromatic heterocycles. The minimum absolute atomic E-state index is 0.419. The van der Waals surface area contributed by atoms with Crippen molar-refractivity contribution < 1.29 is 13.2 Å². The third-order valence-electron chi connectivity index (χ3n) is 4.17. The number of para-hydroxylation sites is 1. The average Bonchev–Trinajstić information content (AvgIpc) is 2.96. The van der Waals surface area contributed by atoms with Crippen LogP contribution >= 0.6 is 0 Å². The molecular weight excluding hydrogens is 315 g/mol. The van der Waals surface area contributed by atoms with E-state index in [0.717, 1.165) is 28.2 Å². The first-order chi connectivity index (χ1) is 11.5. The molecule has 122 valence electrons. The molecule has 1 aliphatic rings. The van der Waals surface area contributed by atoms with Gasteiger partial charge in [-0.3, -0.25) is 4.98 Å². The average molecular weight is 329 g/mol. The van der Waals surface area contributed by atoms with Crippen molar-refractivity contribution in [2.75, 3.05) is 5.43 Å². The number of nitrogens with zero attached hydrogens (tertiary/aromatic N) is 2. The van der Waals surface area contributed by atoms with Gasteiger partial charge in [-0.15, -0.1) is 0 Å². The number of benzene rings is 2. The minimum Gasteiger partial charge on any atom is -0.316 e. The lowest BCUT2D eigenvalue weighted by molar-refractivity contribution is -0.137. The van der Waals surface area contributed by atoms with E-state index in [4.69, 9.17) is 0 Å². The lowest BCUT2D eigenvalue weighted by Crippen LogP contribution is -2.23. The van der Waals surface area contributed by atoms with E-state index in [0.29, 0.717) is 18.7 Å². The Morgan fingerprint density at radius 1 is 0.958 bits per heavy atom. The van der Waals surface area contributed by atoms with Gasteiger partial charge in [-0.05, 0) is 35.4 Å². The summed E-state index contributed by atoms with van der Waals surface area (Å²) in [5.74, 6) is 0. The monoisotopic (exact) mass is 329 g/mol. The van der Waals surface area contributed by atoms with E-state index in [1.165, 1.54) is 6.07 Å². The molecule has 0 saturated heterocycles. The van der Waals surface area contributed by atoms with Gasteiger partial charge in [0.2, 0.25) is 0 Å². The molecule has 0 bridgehead atoms. The van der Waals surface area contributed by atoms with Gasteiger partial charge in [0.15, 0.2) is 0 Å². The van der Waals surface area contributed by atoms with Crippen molar-refractivity contribution in [1.82, 2.24) is 9.99 Å². The number of pyridine rings is 1. The topological polar surface area (TPSA) is 28.2 Å². The van der Waals surface area contributed by atoms with E-state index >= 15 is 0 Å². The van der Waals surface area contributed by atoms with Gasteiger partial charge in [0.05, 0.1) is 16.8 Å². The second-order valence-electron chi connectivity index (χ2n) is 5.83. The summed E-state index contributed by atoms with van der Waals surface area (Å²) in [6.07, 6.45) is -2.59. The first-order valence-electron chi connectivity index (χ1n) is 7.55. The minimum atomic E-state index is -4.31. The molecule has 4 rings (SSSR count). The Kier molecular flexibility index (Phi) is 3.42. The number of halogens is 3.